The Morgan fingerprint density at radius 2 is 1.80 bits per heavy atom. The largest absolute Gasteiger partial charge is 0.337 e. The van der Waals surface area contributed by atoms with E-state index in [0.717, 1.165) is 0 Å². The minimum absolute atomic E-state index is 0.0951. The van der Waals surface area contributed by atoms with Gasteiger partial charge in [0.15, 0.2) is 0 Å². The van der Waals surface area contributed by atoms with Gasteiger partial charge in [0.1, 0.15) is 0 Å². The molecule has 0 aliphatic rings. The monoisotopic (exact) mass is 265 g/mol. The average molecular weight is 266 g/mol. The molecular formula is C7H15ClF2NO3P. The third-order valence-electron chi connectivity index (χ3n) is 1.49. The topological polar surface area (TPSA) is 61.5 Å². The van der Waals surface area contributed by atoms with Crippen LogP contribution in [0.25, 0.3) is 0 Å². The predicted octanol–water partition coefficient (Wildman–Crippen LogP) is 2.41. The second kappa shape index (κ2) is 6.11. The molecule has 0 rings (SSSR count). The summed E-state index contributed by atoms with van der Waals surface area (Å²) in [5.41, 5.74) is 5.08. The van der Waals surface area contributed by atoms with E-state index in [0.29, 0.717) is 0 Å². The number of hydrogen-bond donors (Lipinski definition) is 1. The Balaban J connectivity index is 4.48. The van der Waals surface area contributed by atoms with Gasteiger partial charge in [0, 0.05) is 0 Å². The molecule has 0 aromatic heterocycles. The summed E-state index contributed by atoms with van der Waals surface area (Å²) in [6.45, 7) is 3.35. The van der Waals surface area contributed by atoms with E-state index in [1.54, 1.807) is 13.8 Å². The average Bonchev–Trinajstić information content (AvgIpc) is 2.02. The first-order valence-corrected chi connectivity index (χ1v) is 6.56. The zero-order valence-corrected chi connectivity index (χ0v) is 10.2. The summed E-state index contributed by atoms with van der Waals surface area (Å²) in [5, 5.41) is -3.62. The normalized spacial score (nSPS) is 15.3. The van der Waals surface area contributed by atoms with E-state index < -0.39 is 25.2 Å². The van der Waals surface area contributed by atoms with Crippen LogP contribution < -0.4 is 5.73 Å². The van der Waals surface area contributed by atoms with E-state index in [1.807, 2.05) is 0 Å². The van der Waals surface area contributed by atoms with Crippen molar-refractivity contribution in [3.8, 4) is 0 Å². The minimum atomic E-state index is -3.62. The summed E-state index contributed by atoms with van der Waals surface area (Å²) in [6, 6.07) is -1.76. The molecule has 15 heavy (non-hydrogen) atoms. The first kappa shape index (κ1) is 15.3. The Labute approximate surface area is 92.6 Å². The molecule has 0 aliphatic carbocycles. The van der Waals surface area contributed by atoms with Crippen LogP contribution in [0.1, 0.15) is 13.8 Å². The molecule has 92 valence electrons. The lowest BCUT2D eigenvalue weighted by Crippen LogP contribution is -2.39. The molecule has 8 heteroatoms. The third-order valence-corrected chi connectivity index (χ3v) is 3.92. The van der Waals surface area contributed by atoms with Crippen molar-refractivity contribution < 1.29 is 22.4 Å². The van der Waals surface area contributed by atoms with E-state index in [-0.39, 0.29) is 13.2 Å². The molecule has 1 atom stereocenters. The van der Waals surface area contributed by atoms with Gasteiger partial charge in [-0.05, 0) is 25.4 Å². The van der Waals surface area contributed by atoms with Crippen molar-refractivity contribution in [3.05, 3.63) is 0 Å². The van der Waals surface area contributed by atoms with E-state index in [2.05, 4.69) is 0 Å². The lowest BCUT2D eigenvalue weighted by Gasteiger charge is -2.22. The zero-order chi connectivity index (χ0) is 12.1. The first-order valence-electron chi connectivity index (χ1n) is 4.45. The third kappa shape index (κ3) is 5.78. The highest BCUT2D eigenvalue weighted by Crippen LogP contribution is 2.49. The van der Waals surface area contributed by atoms with Crippen molar-refractivity contribution in [1.29, 1.82) is 0 Å². The summed E-state index contributed by atoms with van der Waals surface area (Å²) in [4.78, 5) is 0. The molecule has 0 aliphatic heterocycles. The van der Waals surface area contributed by atoms with Crippen LogP contribution in [0.4, 0.5) is 8.78 Å². The van der Waals surface area contributed by atoms with Crippen LogP contribution in [-0.4, -0.2) is 30.8 Å². The lowest BCUT2D eigenvalue weighted by molar-refractivity contribution is 0.0698. The Hall–Kier alpha value is 0.260. The Kier molecular flexibility index (Phi) is 6.21. The standard InChI is InChI=1S/C7H15ClF2NO3P/c1-3-13-15(12,14-4-2)5-6(11)7(8,9)10/h6H,3-5,11H2,1-2H3. The maximum absolute atomic E-state index is 12.5. The van der Waals surface area contributed by atoms with Crippen molar-refractivity contribution >= 4 is 19.2 Å². The highest BCUT2D eigenvalue weighted by atomic mass is 35.5. The van der Waals surface area contributed by atoms with Gasteiger partial charge in [-0.1, -0.05) is 0 Å². The fraction of sp³-hybridized carbons (Fsp3) is 1.00. The highest BCUT2D eigenvalue weighted by Gasteiger charge is 2.40. The van der Waals surface area contributed by atoms with Crippen LogP contribution in [-0.2, 0) is 13.6 Å². The lowest BCUT2D eigenvalue weighted by atomic mass is 10.4. The van der Waals surface area contributed by atoms with Gasteiger partial charge in [-0.25, -0.2) is 0 Å². The van der Waals surface area contributed by atoms with Crippen LogP contribution in [0, 0.1) is 0 Å². The molecule has 0 aromatic rings. The highest BCUT2D eigenvalue weighted by molar-refractivity contribution is 7.53. The van der Waals surface area contributed by atoms with Crippen LogP contribution in [0.3, 0.4) is 0 Å². The van der Waals surface area contributed by atoms with Crippen molar-refractivity contribution in [2.45, 2.75) is 25.3 Å². The molecule has 0 saturated carbocycles. The van der Waals surface area contributed by atoms with E-state index in [9.17, 15) is 13.3 Å². The fourth-order valence-corrected chi connectivity index (χ4v) is 2.85. The molecule has 2 N–H and O–H groups in total. The number of rotatable bonds is 7. The quantitative estimate of drug-likeness (QED) is 0.567. The summed E-state index contributed by atoms with van der Waals surface area (Å²) < 4.78 is 46.4. The second-order valence-corrected chi connectivity index (χ2v) is 5.38. The molecule has 0 saturated heterocycles. The van der Waals surface area contributed by atoms with Gasteiger partial charge in [0.05, 0.1) is 25.4 Å². The number of nitrogens with two attached hydrogens (primary N) is 1. The molecule has 0 aromatic carbocycles. The molecule has 0 heterocycles. The predicted molar refractivity (Wildman–Crippen MR) is 54.5 cm³/mol. The smallest absolute Gasteiger partial charge is 0.321 e. The van der Waals surface area contributed by atoms with E-state index >= 15 is 0 Å². The van der Waals surface area contributed by atoms with E-state index in [1.165, 1.54) is 0 Å². The van der Waals surface area contributed by atoms with Gasteiger partial charge < -0.3 is 14.8 Å². The van der Waals surface area contributed by atoms with Gasteiger partial charge in [0.25, 0.3) is 0 Å². The van der Waals surface area contributed by atoms with Crippen molar-refractivity contribution in [3.63, 3.8) is 0 Å². The number of alkyl halides is 3. The van der Waals surface area contributed by atoms with Gasteiger partial charge in [0.2, 0.25) is 0 Å². The van der Waals surface area contributed by atoms with Crippen LogP contribution >= 0.6 is 19.2 Å². The second-order valence-electron chi connectivity index (χ2n) is 2.78. The fourth-order valence-electron chi connectivity index (χ4n) is 0.880. The van der Waals surface area contributed by atoms with E-state index in [4.69, 9.17) is 26.4 Å². The van der Waals surface area contributed by atoms with Crippen molar-refractivity contribution in [2.24, 2.45) is 5.73 Å². The molecule has 0 radical (unpaired) electrons. The van der Waals surface area contributed by atoms with Crippen LogP contribution in [0.2, 0.25) is 0 Å². The summed E-state index contributed by atoms with van der Waals surface area (Å²) in [5.74, 6) is 0. The molecule has 1 unspecified atom stereocenters. The van der Waals surface area contributed by atoms with Crippen molar-refractivity contribution in [2.75, 3.05) is 19.4 Å². The molecular weight excluding hydrogens is 251 g/mol. The van der Waals surface area contributed by atoms with Crippen molar-refractivity contribution in [1.82, 2.24) is 0 Å². The first-order chi connectivity index (χ1) is 6.75. The number of halogens is 3. The van der Waals surface area contributed by atoms with Gasteiger partial charge >= 0.3 is 13.0 Å². The maximum atomic E-state index is 12.5. The maximum Gasteiger partial charge on any atom is 0.337 e. The van der Waals surface area contributed by atoms with Crippen LogP contribution in [0.15, 0.2) is 0 Å². The van der Waals surface area contributed by atoms with Crippen LogP contribution in [0.5, 0.6) is 0 Å². The number of hydrogen-bond acceptors (Lipinski definition) is 4. The van der Waals surface area contributed by atoms with Gasteiger partial charge in [-0.15, -0.1) is 0 Å². The Morgan fingerprint density at radius 1 is 1.40 bits per heavy atom. The summed E-state index contributed by atoms with van der Waals surface area (Å²) >= 11 is 4.70. The minimum Gasteiger partial charge on any atom is -0.321 e. The SMILES string of the molecule is CCOP(=O)(CC(N)C(F)(F)Cl)OCC. The molecule has 4 nitrogen and oxygen atoms in total. The Bertz CT molecular complexity index is 227. The van der Waals surface area contributed by atoms with Gasteiger partial charge in [-0.3, -0.25) is 4.57 Å². The zero-order valence-electron chi connectivity index (χ0n) is 8.58. The summed E-state index contributed by atoms with van der Waals surface area (Å²) in [6.07, 6.45) is -0.606. The molecule has 0 fully saturated rings. The van der Waals surface area contributed by atoms with Gasteiger partial charge in [-0.2, -0.15) is 8.78 Å². The molecule has 0 spiro atoms. The summed E-state index contributed by atoms with van der Waals surface area (Å²) in [7, 11) is -3.56. The molecule has 0 bridgehead atoms. The molecule has 0 amide bonds. The Morgan fingerprint density at radius 3 is 2.07 bits per heavy atom.